The molecule has 0 aromatic heterocycles. The molecule has 1 fully saturated rings. The van der Waals surface area contributed by atoms with E-state index in [-0.39, 0.29) is 24.1 Å². The fraction of sp³-hybridized carbons (Fsp3) is 0.450. The predicted molar refractivity (Wildman–Crippen MR) is 97.1 cm³/mol. The molecular weight excluding hydrogens is 332 g/mol. The Kier molecular flexibility index (Phi) is 7.22. The van der Waals surface area contributed by atoms with Gasteiger partial charge in [-0.25, -0.2) is 4.79 Å². The van der Waals surface area contributed by atoms with Crippen LogP contribution in [0.1, 0.15) is 38.2 Å². The number of nitrogens with zero attached hydrogens (tertiary/aromatic N) is 1. The van der Waals surface area contributed by atoms with Crippen LogP contribution in [-0.2, 0) is 14.3 Å². The number of nitrogens with one attached hydrogen (secondary N) is 1. The Bertz CT molecular complexity index is 704. The third-order valence-corrected chi connectivity index (χ3v) is 4.56. The quantitative estimate of drug-likeness (QED) is 0.481. The molecule has 0 heterocycles. The van der Waals surface area contributed by atoms with Crippen LogP contribution < -0.4 is 10.1 Å². The Hall–Kier alpha value is -2.81. The summed E-state index contributed by atoms with van der Waals surface area (Å²) >= 11 is 0. The molecule has 1 aliphatic carbocycles. The molecule has 6 nitrogen and oxygen atoms in total. The van der Waals surface area contributed by atoms with Crippen molar-refractivity contribution < 1.29 is 19.1 Å². The topological polar surface area (TPSA) is 88.4 Å². The zero-order chi connectivity index (χ0) is 18.9. The van der Waals surface area contributed by atoms with Crippen molar-refractivity contribution in [2.45, 2.75) is 38.6 Å². The van der Waals surface area contributed by atoms with Gasteiger partial charge in [0.25, 0.3) is 5.91 Å². The third kappa shape index (κ3) is 5.62. The normalized spacial score (nSPS) is 20.0. The summed E-state index contributed by atoms with van der Waals surface area (Å²) in [6.45, 7) is 1.73. The molecule has 1 N–H and O–H groups in total. The summed E-state index contributed by atoms with van der Waals surface area (Å²) in [6.07, 6.45) is 5.74. The molecule has 0 aliphatic heterocycles. The van der Waals surface area contributed by atoms with Gasteiger partial charge >= 0.3 is 5.97 Å². The highest BCUT2D eigenvalue weighted by Gasteiger charge is 2.23. The minimum atomic E-state index is -0.810. The second kappa shape index (κ2) is 9.62. The van der Waals surface area contributed by atoms with E-state index in [1.54, 1.807) is 31.4 Å². The second-order valence-electron chi connectivity index (χ2n) is 6.45. The number of amides is 1. The molecular formula is C20H24N2O4. The Morgan fingerprint density at radius 2 is 1.96 bits per heavy atom. The highest BCUT2D eigenvalue weighted by molar-refractivity contribution is 5.98. The number of methoxy groups -OCH3 is 1. The van der Waals surface area contributed by atoms with Crippen molar-refractivity contribution in [2.75, 3.05) is 13.7 Å². The lowest BCUT2D eigenvalue weighted by atomic mass is 9.86. The smallest absolute Gasteiger partial charge is 0.349 e. The third-order valence-electron chi connectivity index (χ3n) is 4.56. The minimum absolute atomic E-state index is 0.125. The van der Waals surface area contributed by atoms with Crippen molar-refractivity contribution in [3.63, 3.8) is 0 Å². The van der Waals surface area contributed by atoms with Gasteiger partial charge in [-0.05, 0) is 42.5 Å². The molecule has 1 aromatic carbocycles. The molecule has 1 saturated carbocycles. The average molecular weight is 356 g/mol. The van der Waals surface area contributed by atoms with Crippen LogP contribution in [0.2, 0.25) is 0 Å². The van der Waals surface area contributed by atoms with E-state index in [9.17, 15) is 14.9 Å². The van der Waals surface area contributed by atoms with Crippen LogP contribution in [0.4, 0.5) is 0 Å². The van der Waals surface area contributed by atoms with Crippen molar-refractivity contribution in [1.29, 1.82) is 5.26 Å². The summed E-state index contributed by atoms with van der Waals surface area (Å²) in [4.78, 5) is 24.0. The lowest BCUT2D eigenvalue weighted by Gasteiger charge is -2.29. The SMILES string of the molecule is COc1ccc(/C=C(\C#N)C(=O)OCC(=O)N[C@@H]2CCCC[C@H]2C)cc1. The highest BCUT2D eigenvalue weighted by Crippen LogP contribution is 2.23. The summed E-state index contributed by atoms with van der Waals surface area (Å²) in [7, 11) is 1.56. The van der Waals surface area contributed by atoms with E-state index in [4.69, 9.17) is 9.47 Å². The molecule has 0 unspecified atom stereocenters. The predicted octanol–water partition coefficient (Wildman–Crippen LogP) is 2.84. The van der Waals surface area contributed by atoms with E-state index in [0.717, 1.165) is 19.3 Å². The van der Waals surface area contributed by atoms with Crippen LogP contribution in [0.25, 0.3) is 6.08 Å². The number of esters is 1. The first-order valence-electron chi connectivity index (χ1n) is 8.76. The molecule has 0 saturated heterocycles. The number of hydrogen-bond acceptors (Lipinski definition) is 5. The van der Waals surface area contributed by atoms with Crippen molar-refractivity contribution in [2.24, 2.45) is 5.92 Å². The largest absolute Gasteiger partial charge is 0.497 e. The lowest BCUT2D eigenvalue weighted by Crippen LogP contribution is -2.42. The Morgan fingerprint density at radius 1 is 1.27 bits per heavy atom. The summed E-state index contributed by atoms with van der Waals surface area (Å²) in [5, 5.41) is 12.1. The van der Waals surface area contributed by atoms with Crippen LogP contribution in [0.3, 0.4) is 0 Å². The molecule has 0 bridgehead atoms. The number of ether oxygens (including phenoxy) is 2. The summed E-state index contributed by atoms with van der Waals surface area (Å²) < 4.78 is 10.0. The van der Waals surface area contributed by atoms with Crippen LogP contribution in [0.5, 0.6) is 5.75 Å². The van der Waals surface area contributed by atoms with Crippen LogP contribution in [-0.4, -0.2) is 31.6 Å². The van der Waals surface area contributed by atoms with Gasteiger partial charge < -0.3 is 14.8 Å². The van der Waals surface area contributed by atoms with Crippen molar-refractivity contribution >= 4 is 18.0 Å². The van der Waals surface area contributed by atoms with Gasteiger partial charge in [0.05, 0.1) is 7.11 Å². The maximum Gasteiger partial charge on any atom is 0.349 e. The molecule has 0 radical (unpaired) electrons. The summed E-state index contributed by atoms with van der Waals surface area (Å²) in [6, 6.07) is 8.84. The molecule has 138 valence electrons. The summed E-state index contributed by atoms with van der Waals surface area (Å²) in [5.41, 5.74) is 0.508. The molecule has 1 aromatic rings. The molecule has 0 spiro atoms. The van der Waals surface area contributed by atoms with Gasteiger partial charge in [-0.15, -0.1) is 0 Å². The van der Waals surface area contributed by atoms with Crippen molar-refractivity contribution in [3.8, 4) is 11.8 Å². The van der Waals surface area contributed by atoms with E-state index in [2.05, 4.69) is 12.2 Å². The average Bonchev–Trinajstić information content (AvgIpc) is 2.66. The Balaban J connectivity index is 1.88. The van der Waals surface area contributed by atoms with Crippen LogP contribution in [0, 0.1) is 17.2 Å². The number of benzene rings is 1. The van der Waals surface area contributed by atoms with E-state index in [0.29, 0.717) is 17.2 Å². The molecule has 26 heavy (non-hydrogen) atoms. The van der Waals surface area contributed by atoms with Crippen molar-refractivity contribution in [3.05, 3.63) is 35.4 Å². The lowest BCUT2D eigenvalue weighted by molar-refractivity contribution is -0.144. The number of carbonyl (C=O) groups is 2. The number of hydrogen-bond donors (Lipinski definition) is 1. The van der Waals surface area contributed by atoms with E-state index < -0.39 is 5.97 Å². The number of carbonyl (C=O) groups excluding carboxylic acids is 2. The minimum Gasteiger partial charge on any atom is -0.497 e. The van der Waals surface area contributed by atoms with Crippen LogP contribution in [0.15, 0.2) is 29.8 Å². The number of rotatable bonds is 6. The molecule has 1 amide bonds. The van der Waals surface area contributed by atoms with Gasteiger partial charge in [-0.2, -0.15) is 5.26 Å². The standard InChI is InChI=1S/C20H24N2O4/c1-14-5-3-4-6-18(14)22-19(23)13-26-20(24)16(12-21)11-15-7-9-17(25-2)10-8-15/h7-11,14,18H,3-6,13H2,1-2H3,(H,22,23)/b16-11+/t14-,18-/m1/s1. The molecule has 2 rings (SSSR count). The first-order valence-corrected chi connectivity index (χ1v) is 8.76. The maximum absolute atomic E-state index is 12.0. The van der Waals surface area contributed by atoms with Gasteiger partial charge in [0.15, 0.2) is 6.61 Å². The zero-order valence-electron chi connectivity index (χ0n) is 15.2. The maximum atomic E-state index is 12.0. The zero-order valence-corrected chi connectivity index (χ0v) is 15.2. The fourth-order valence-electron chi connectivity index (χ4n) is 2.99. The van der Waals surface area contributed by atoms with Crippen LogP contribution >= 0.6 is 0 Å². The second-order valence-corrected chi connectivity index (χ2v) is 6.45. The summed E-state index contributed by atoms with van der Waals surface area (Å²) in [5.74, 6) is -0.0427. The molecule has 2 atom stereocenters. The van der Waals surface area contributed by atoms with E-state index >= 15 is 0 Å². The molecule has 6 heteroatoms. The monoisotopic (exact) mass is 356 g/mol. The molecule has 1 aliphatic rings. The van der Waals surface area contributed by atoms with Gasteiger partial charge in [-0.1, -0.05) is 31.9 Å². The van der Waals surface area contributed by atoms with E-state index in [1.165, 1.54) is 12.5 Å². The van der Waals surface area contributed by atoms with E-state index in [1.807, 2.05) is 6.07 Å². The van der Waals surface area contributed by atoms with Gasteiger partial charge in [0.2, 0.25) is 0 Å². The Labute approximate surface area is 153 Å². The first-order chi connectivity index (χ1) is 12.5. The van der Waals surface area contributed by atoms with Crippen molar-refractivity contribution in [1.82, 2.24) is 5.32 Å². The van der Waals surface area contributed by atoms with Gasteiger partial charge in [-0.3, -0.25) is 4.79 Å². The van der Waals surface area contributed by atoms with Gasteiger partial charge in [0.1, 0.15) is 17.4 Å². The van der Waals surface area contributed by atoms with Gasteiger partial charge in [0, 0.05) is 6.04 Å². The fourth-order valence-corrected chi connectivity index (χ4v) is 2.99. The Morgan fingerprint density at radius 3 is 2.58 bits per heavy atom. The number of nitriles is 1. The first kappa shape index (κ1) is 19.5. The highest BCUT2D eigenvalue weighted by atomic mass is 16.5.